The number of rotatable bonds is 4. The van der Waals surface area contributed by atoms with Crippen molar-refractivity contribution in [2.75, 3.05) is 26.2 Å². The van der Waals surface area contributed by atoms with Crippen molar-refractivity contribution < 1.29 is 14.3 Å². The number of nitrogens with one attached hydrogen (secondary N) is 2. The fourth-order valence-corrected chi connectivity index (χ4v) is 6.65. The summed E-state index contributed by atoms with van der Waals surface area (Å²) in [6, 6.07) is 13.6. The number of nitrogens with zero attached hydrogens (tertiary/aromatic N) is 3. The van der Waals surface area contributed by atoms with Crippen molar-refractivity contribution in [2.24, 2.45) is 16.3 Å². The average molecular weight is 577 g/mol. The molecule has 4 bridgehead atoms. The molecule has 2 aromatic carbocycles. The maximum absolute atomic E-state index is 14.2. The number of piperidine rings is 1. The van der Waals surface area contributed by atoms with Gasteiger partial charge in [-0.15, -0.1) is 0 Å². The van der Waals surface area contributed by atoms with E-state index in [4.69, 9.17) is 9.73 Å². The molecule has 0 aromatic heterocycles. The quantitative estimate of drug-likeness (QED) is 0.365. The van der Waals surface area contributed by atoms with Crippen molar-refractivity contribution in [1.29, 1.82) is 0 Å². The number of carbonyl (C=O) groups excluding carboxylic acids is 1. The van der Waals surface area contributed by atoms with Gasteiger partial charge in [0.05, 0.1) is 17.8 Å². The van der Waals surface area contributed by atoms with Gasteiger partial charge in [-0.05, 0) is 98.8 Å². The molecular formula is C32H42N5O3S+. The first-order chi connectivity index (χ1) is 19.6. The minimum atomic E-state index is -0.888. The van der Waals surface area contributed by atoms with Crippen LogP contribution in [0.25, 0.3) is 0 Å². The van der Waals surface area contributed by atoms with Crippen LogP contribution in [0.5, 0.6) is 0 Å². The summed E-state index contributed by atoms with van der Waals surface area (Å²) in [5.74, 6) is 0.621. The van der Waals surface area contributed by atoms with Gasteiger partial charge in [-0.1, -0.05) is 45.0 Å². The lowest BCUT2D eigenvalue weighted by Gasteiger charge is -2.38. The van der Waals surface area contributed by atoms with Gasteiger partial charge in [-0.2, -0.15) is 9.71 Å². The Balaban J connectivity index is 1.57. The summed E-state index contributed by atoms with van der Waals surface area (Å²) in [7, 11) is 0. The third-order valence-electron chi connectivity index (χ3n) is 7.95. The van der Waals surface area contributed by atoms with Crippen molar-refractivity contribution in [3.8, 4) is 0 Å². The number of nitroso groups, excluding NO2 is 1. The molecule has 2 atom stereocenters. The Kier molecular flexibility index (Phi) is 8.97. The Hall–Kier alpha value is -3.01. The summed E-state index contributed by atoms with van der Waals surface area (Å²) in [5.41, 5.74) is 4.46. The van der Waals surface area contributed by atoms with Gasteiger partial charge in [0, 0.05) is 27.5 Å². The number of benzene rings is 2. The van der Waals surface area contributed by atoms with E-state index in [0.29, 0.717) is 23.7 Å². The Morgan fingerprint density at radius 3 is 2.51 bits per heavy atom. The number of aryl methyl sites for hydroxylation is 2. The smallest absolute Gasteiger partial charge is 0.422 e. The Labute approximate surface area is 247 Å². The van der Waals surface area contributed by atoms with Gasteiger partial charge in [0.1, 0.15) is 11.4 Å². The predicted octanol–water partition coefficient (Wildman–Crippen LogP) is 5.58. The van der Waals surface area contributed by atoms with Gasteiger partial charge in [0.15, 0.2) is 0 Å². The number of allylic oxidation sites excluding steroid dienone is 1. The Bertz CT molecular complexity index is 1340. The summed E-state index contributed by atoms with van der Waals surface area (Å²) < 4.78 is 10.4. The second-order valence-corrected chi connectivity index (χ2v) is 13.5. The summed E-state index contributed by atoms with van der Waals surface area (Å²) in [4.78, 5) is 35.5. The third kappa shape index (κ3) is 7.08. The molecule has 5 rings (SSSR count). The van der Waals surface area contributed by atoms with Crippen LogP contribution in [0, 0.1) is 30.1 Å². The van der Waals surface area contributed by atoms with Crippen molar-refractivity contribution in [3.05, 3.63) is 81.6 Å². The van der Waals surface area contributed by atoms with Crippen molar-refractivity contribution in [3.63, 3.8) is 0 Å². The van der Waals surface area contributed by atoms with E-state index in [1.54, 1.807) is 6.08 Å². The number of hydrogen-bond acceptors (Lipinski definition) is 7. The molecule has 3 aliphatic heterocycles. The van der Waals surface area contributed by atoms with E-state index < -0.39 is 6.29 Å². The maximum atomic E-state index is 14.2. The van der Waals surface area contributed by atoms with Gasteiger partial charge in [0.2, 0.25) is 0 Å². The summed E-state index contributed by atoms with van der Waals surface area (Å²) >= 11 is 1.30. The topological polar surface area (TPSA) is 86.0 Å². The van der Waals surface area contributed by atoms with E-state index in [1.807, 2.05) is 35.2 Å². The number of ether oxygens (including phenoxy) is 1. The molecule has 0 spiro atoms. The summed E-state index contributed by atoms with van der Waals surface area (Å²) in [5, 5.41) is 3.44. The first kappa shape index (κ1) is 29.5. The number of aliphatic imine (C=N–C) groups is 1. The highest BCUT2D eigenvalue weighted by Crippen LogP contribution is 2.30. The van der Waals surface area contributed by atoms with Crippen LogP contribution >= 0.6 is 11.9 Å². The number of hydrogen-bond donors (Lipinski definition) is 2. The molecule has 8 nitrogen and oxygen atoms in total. The molecule has 9 heteroatoms. The van der Waals surface area contributed by atoms with Crippen LogP contribution in [0.4, 0.5) is 0 Å². The van der Waals surface area contributed by atoms with Crippen LogP contribution in [0.2, 0.25) is 0 Å². The fourth-order valence-electron chi connectivity index (χ4n) is 5.92. The Morgan fingerprint density at radius 1 is 1.10 bits per heavy atom. The lowest BCUT2D eigenvalue weighted by Crippen LogP contribution is -2.48. The van der Waals surface area contributed by atoms with Gasteiger partial charge in [0.25, 0.3) is 5.91 Å². The lowest BCUT2D eigenvalue weighted by molar-refractivity contribution is -0.570. The van der Waals surface area contributed by atoms with Crippen molar-refractivity contribution in [1.82, 2.24) is 14.9 Å². The van der Waals surface area contributed by atoms with E-state index in [1.165, 1.54) is 11.9 Å². The fraction of sp³-hybridized carbons (Fsp3) is 0.500. The zero-order chi connectivity index (χ0) is 29.1. The van der Waals surface area contributed by atoms with Crippen LogP contribution in [0.1, 0.15) is 67.1 Å². The van der Waals surface area contributed by atoms with Crippen LogP contribution < -0.4 is 10.0 Å². The second-order valence-electron chi connectivity index (χ2n) is 12.6. The van der Waals surface area contributed by atoms with E-state index in [2.05, 4.69) is 56.8 Å². The zero-order valence-corrected chi connectivity index (χ0v) is 25.6. The molecule has 1 unspecified atom stereocenters. The SMILES string of the molecule is Cc1cccc(C)c1C1=NC2NSc3cccc(c3)C(=O)N(CC3CCNCC3)[C@H](CC(C)(C)C)COC(=C1)[N+]2=O. The molecule has 1 amide bonds. The summed E-state index contributed by atoms with van der Waals surface area (Å²) in [6.07, 6.45) is 3.66. The number of carbonyl (C=O) groups is 1. The molecule has 0 aliphatic carbocycles. The van der Waals surface area contributed by atoms with E-state index in [9.17, 15) is 9.70 Å². The normalized spacial score (nSPS) is 22.6. The van der Waals surface area contributed by atoms with E-state index >= 15 is 0 Å². The standard InChI is InChI=1S/C32H42N5O3S/c1-21-8-6-9-22(2)29(21)27-17-28-37(39)31(34-27)35-41-26-11-7-10-24(16-26)30(38)36(19-23-12-14-33-15-13-23)25(20-40-28)18-32(3,4)5/h6-11,16-17,23,25,31,33,35H,12-15,18-20H2,1-5H3/q+1/t25-,31?/m1/s1. The molecule has 218 valence electrons. The minimum Gasteiger partial charge on any atom is -0.439 e. The van der Waals surface area contributed by atoms with E-state index in [0.717, 1.165) is 58.7 Å². The van der Waals surface area contributed by atoms with Crippen LogP contribution in [-0.2, 0) is 4.74 Å². The Morgan fingerprint density at radius 2 is 1.80 bits per heavy atom. The van der Waals surface area contributed by atoms with Crippen LogP contribution in [0.3, 0.4) is 0 Å². The molecule has 41 heavy (non-hydrogen) atoms. The highest BCUT2D eigenvalue weighted by Gasteiger charge is 2.39. The van der Waals surface area contributed by atoms with Crippen molar-refractivity contribution >= 4 is 23.6 Å². The summed E-state index contributed by atoms with van der Waals surface area (Å²) in [6.45, 7) is 13.5. The molecule has 1 saturated heterocycles. The number of amides is 1. The van der Waals surface area contributed by atoms with Crippen LogP contribution in [-0.4, -0.2) is 59.9 Å². The maximum Gasteiger partial charge on any atom is 0.422 e. The van der Waals surface area contributed by atoms with Crippen molar-refractivity contribution in [2.45, 2.75) is 71.1 Å². The minimum absolute atomic E-state index is 0.00600. The second kappa shape index (κ2) is 12.5. The third-order valence-corrected chi connectivity index (χ3v) is 8.77. The van der Waals surface area contributed by atoms with Gasteiger partial charge < -0.3 is 15.0 Å². The molecule has 0 saturated carbocycles. The van der Waals surface area contributed by atoms with E-state index in [-0.39, 0.29) is 29.9 Å². The highest BCUT2D eigenvalue weighted by atomic mass is 32.2. The number of fused-ring (bicyclic) bond motifs is 4. The first-order valence-corrected chi connectivity index (χ1v) is 15.4. The lowest BCUT2D eigenvalue weighted by atomic mass is 9.86. The predicted molar refractivity (Wildman–Crippen MR) is 164 cm³/mol. The largest absolute Gasteiger partial charge is 0.439 e. The van der Waals surface area contributed by atoms with Gasteiger partial charge >= 0.3 is 12.2 Å². The zero-order valence-electron chi connectivity index (χ0n) is 24.8. The molecule has 3 heterocycles. The van der Waals surface area contributed by atoms with Gasteiger partial charge in [-0.3, -0.25) is 4.79 Å². The van der Waals surface area contributed by atoms with Crippen LogP contribution in [0.15, 0.2) is 64.3 Å². The molecule has 3 aliphatic rings. The van der Waals surface area contributed by atoms with Gasteiger partial charge in [-0.25, -0.2) is 0 Å². The molecule has 0 radical (unpaired) electrons. The molecule has 2 aromatic rings. The molecule has 2 N–H and O–H groups in total. The molecule has 1 fully saturated rings. The average Bonchev–Trinajstić information content (AvgIpc) is 2.94. The molecular weight excluding hydrogens is 534 g/mol. The highest BCUT2D eigenvalue weighted by molar-refractivity contribution is 7.97. The monoisotopic (exact) mass is 576 g/mol. The first-order valence-electron chi connectivity index (χ1n) is 14.6.